The molecule has 0 bridgehead atoms. The van der Waals surface area contributed by atoms with Crippen LogP contribution >= 0.6 is 11.6 Å². The summed E-state index contributed by atoms with van der Waals surface area (Å²) >= 11 is 6.22. The molecule has 19 heavy (non-hydrogen) atoms. The maximum absolute atomic E-state index is 6.22. The van der Waals surface area contributed by atoms with Gasteiger partial charge in [0, 0.05) is 29.3 Å². The van der Waals surface area contributed by atoms with Gasteiger partial charge in [-0.05, 0) is 40.3 Å². The minimum absolute atomic E-state index is 0.543. The lowest BCUT2D eigenvalue weighted by molar-refractivity contribution is 1.07. The molecule has 2 nitrogen and oxygen atoms in total. The number of rotatable bonds is 2. The van der Waals surface area contributed by atoms with Crippen molar-refractivity contribution >= 4 is 22.4 Å². The van der Waals surface area contributed by atoms with Crippen molar-refractivity contribution in [1.82, 2.24) is 4.98 Å². The van der Waals surface area contributed by atoms with Gasteiger partial charge in [0.2, 0.25) is 0 Å². The van der Waals surface area contributed by atoms with Crippen LogP contribution in [0.15, 0.2) is 54.9 Å². The zero-order chi connectivity index (χ0) is 13.2. The molecule has 0 aliphatic carbocycles. The first-order chi connectivity index (χ1) is 9.29. The summed E-state index contributed by atoms with van der Waals surface area (Å²) in [5.74, 6) is 0. The van der Waals surface area contributed by atoms with Gasteiger partial charge in [-0.3, -0.25) is 4.98 Å². The number of pyridine rings is 1. The smallest absolute Gasteiger partial charge is 0.0500 e. The van der Waals surface area contributed by atoms with Gasteiger partial charge in [0.05, 0.1) is 0 Å². The Bertz CT molecular complexity index is 738. The van der Waals surface area contributed by atoms with Gasteiger partial charge in [0.15, 0.2) is 0 Å². The summed E-state index contributed by atoms with van der Waals surface area (Å²) in [5, 5.41) is 2.80. The molecular formula is C16H13ClN2. The largest absolute Gasteiger partial charge is 0.326 e. The van der Waals surface area contributed by atoms with Crippen molar-refractivity contribution in [2.24, 2.45) is 5.73 Å². The molecule has 94 valence electrons. The molecule has 0 fully saturated rings. The molecule has 0 atom stereocenters. The van der Waals surface area contributed by atoms with Crippen molar-refractivity contribution in [1.29, 1.82) is 0 Å². The van der Waals surface area contributed by atoms with Crippen LogP contribution in [0.5, 0.6) is 0 Å². The molecule has 2 N–H and O–H groups in total. The van der Waals surface area contributed by atoms with Crippen LogP contribution in [-0.4, -0.2) is 4.98 Å². The molecule has 0 unspecified atom stereocenters. The van der Waals surface area contributed by atoms with E-state index in [1.807, 2.05) is 30.3 Å². The fraction of sp³-hybridized carbons (Fsp3) is 0.0625. The van der Waals surface area contributed by atoms with Crippen LogP contribution in [-0.2, 0) is 6.54 Å². The van der Waals surface area contributed by atoms with Crippen LogP contribution in [0.4, 0.5) is 0 Å². The number of nitrogens with two attached hydrogens (primary N) is 1. The molecule has 2 aromatic carbocycles. The Morgan fingerprint density at radius 2 is 1.95 bits per heavy atom. The molecule has 0 aliphatic rings. The summed E-state index contributed by atoms with van der Waals surface area (Å²) in [4.78, 5) is 4.14. The fourth-order valence-electron chi connectivity index (χ4n) is 2.27. The topological polar surface area (TPSA) is 38.9 Å². The van der Waals surface area contributed by atoms with Crippen molar-refractivity contribution in [2.45, 2.75) is 6.54 Å². The quantitative estimate of drug-likeness (QED) is 0.763. The zero-order valence-electron chi connectivity index (χ0n) is 10.3. The van der Waals surface area contributed by atoms with Crippen LogP contribution in [0.3, 0.4) is 0 Å². The average Bonchev–Trinajstić information content (AvgIpc) is 2.48. The predicted octanol–water partition coefficient (Wildman–Crippen LogP) is 4.01. The van der Waals surface area contributed by atoms with E-state index in [0.717, 1.165) is 32.5 Å². The lowest BCUT2D eigenvalue weighted by atomic mass is 9.98. The normalized spacial score (nSPS) is 10.8. The second-order valence-electron chi connectivity index (χ2n) is 4.42. The van der Waals surface area contributed by atoms with Crippen molar-refractivity contribution in [3.05, 3.63) is 65.4 Å². The molecule has 3 heteroatoms. The van der Waals surface area contributed by atoms with Crippen molar-refractivity contribution in [3.8, 4) is 11.1 Å². The van der Waals surface area contributed by atoms with Gasteiger partial charge in [0.1, 0.15) is 0 Å². The van der Waals surface area contributed by atoms with Crippen LogP contribution in [0.1, 0.15) is 5.56 Å². The number of benzene rings is 2. The van der Waals surface area contributed by atoms with Crippen molar-refractivity contribution < 1.29 is 0 Å². The summed E-state index contributed by atoms with van der Waals surface area (Å²) in [6.07, 6.45) is 3.59. The van der Waals surface area contributed by atoms with Gasteiger partial charge in [-0.25, -0.2) is 0 Å². The van der Waals surface area contributed by atoms with E-state index in [1.54, 1.807) is 12.4 Å². The molecule has 0 saturated carbocycles. The van der Waals surface area contributed by atoms with Gasteiger partial charge < -0.3 is 5.73 Å². The zero-order valence-corrected chi connectivity index (χ0v) is 11.1. The highest BCUT2D eigenvalue weighted by Crippen LogP contribution is 2.32. The Labute approximate surface area is 116 Å². The standard InChI is InChI=1S/C16H13ClN2/c17-16-5-4-13(14-6-7-19-10-15(14)16)12-3-1-2-11(8-12)9-18/h1-8,10H,9,18H2. The highest BCUT2D eigenvalue weighted by atomic mass is 35.5. The molecular weight excluding hydrogens is 256 g/mol. The number of halogens is 1. The van der Waals surface area contributed by atoms with Gasteiger partial charge in [-0.1, -0.05) is 35.9 Å². The van der Waals surface area contributed by atoms with E-state index in [0.29, 0.717) is 6.54 Å². The second-order valence-corrected chi connectivity index (χ2v) is 4.83. The molecule has 0 saturated heterocycles. The third-order valence-corrected chi connectivity index (χ3v) is 3.57. The average molecular weight is 269 g/mol. The van der Waals surface area contributed by atoms with E-state index >= 15 is 0 Å². The van der Waals surface area contributed by atoms with Gasteiger partial charge >= 0.3 is 0 Å². The highest BCUT2D eigenvalue weighted by molar-refractivity contribution is 6.36. The van der Waals surface area contributed by atoms with Gasteiger partial charge in [-0.15, -0.1) is 0 Å². The Kier molecular flexibility index (Phi) is 3.20. The van der Waals surface area contributed by atoms with E-state index in [4.69, 9.17) is 17.3 Å². The first-order valence-electron chi connectivity index (χ1n) is 6.11. The molecule has 0 amide bonds. The maximum atomic E-state index is 6.22. The lowest BCUT2D eigenvalue weighted by Gasteiger charge is -2.09. The van der Waals surface area contributed by atoms with Crippen LogP contribution in [0, 0.1) is 0 Å². The summed E-state index contributed by atoms with van der Waals surface area (Å²) in [5.41, 5.74) is 9.12. The Balaban J connectivity index is 2.28. The highest BCUT2D eigenvalue weighted by Gasteiger charge is 2.07. The molecule has 0 radical (unpaired) electrons. The molecule has 1 heterocycles. The molecule has 1 aromatic heterocycles. The first-order valence-corrected chi connectivity index (χ1v) is 6.49. The number of nitrogens with zero attached hydrogens (tertiary/aromatic N) is 1. The van der Waals surface area contributed by atoms with Crippen LogP contribution in [0.2, 0.25) is 5.02 Å². The number of fused-ring (bicyclic) bond motifs is 1. The Hall–Kier alpha value is -1.90. The lowest BCUT2D eigenvalue weighted by Crippen LogP contribution is -1.95. The van der Waals surface area contributed by atoms with Gasteiger partial charge in [-0.2, -0.15) is 0 Å². The Morgan fingerprint density at radius 3 is 2.79 bits per heavy atom. The summed E-state index contributed by atoms with van der Waals surface area (Å²) in [7, 11) is 0. The monoisotopic (exact) mass is 268 g/mol. The van der Waals surface area contributed by atoms with E-state index in [2.05, 4.69) is 17.1 Å². The predicted molar refractivity (Wildman–Crippen MR) is 80.1 cm³/mol. The number of hydrogen-bond acceptors (Lipinski definition) is 2. The molecule has 0 aliphatic heterocycles. The minimum Gasteiger partial charge on any atom is -0.326 e. The summed E-state index contributed by atoms with van der Waals surface area (Å²) < 4.78 is 0. The molecule has 3 aromatic rings. The van der Waals surface area contributed by atoms with E-state index in [-0.39, 0.29) is 0 Å². The Morgan fingerprint density at radius 1 is 1.05 bits per heavy atom. The van der Waals surface area contributed by atoms with Gasteiger partial charge in [0.25, 0.3) is 0 Å². The van der Waals surface area contributed by atoms with E-state index in [9.17, 15) is 0 Å². The van der Waals surface area contributed by atoms with E-state index in [1.165, 1.54) is 0 Å². The number of hydrogen-bond donors (Lipinski definition) is 1. The molecule has 3 rings (SSSR count). The summed E-state index contributed by atoms with van der Waals surface area (Å²) in [6, 6.07) is 14.2. The number of aromatic nitrogens is 1. The minimum atomic E-state index is 0.543. The van der Waals surface area contributed by atoms with Crippen LogP contribution in [0.25, 0.3) is 21.9 Å². The van der Waals surface area contributed by atoms with Crippen LogP contribution < -0.4 is 5.73 Å². The first kappa shape index (κ1) is 12.2. The fourth-order valence-corrected chi connectivity index (χ4v) is 2.49. The van der Waals surface area contributed by atoms with Crippen molar-refractivity contribution in [3.63, 3.8) is 0 Å². The molecule has 0 spiro atoms. The third kappa shape index (κ3) is 2.21. The second kappa shape index (κ2) is 5.00. The van der Waals surface area contributed by atoms with Crippen molar-refractivity contribution in [2.75, 3.05) is 0 Å². The maximum Gasteiger partial charge on any atom is 0.0500 e. The van der Waals surface area contributed by atoms with E-state index < -0.39 is 0 Å². The SMILES string of the molecule is NCc1cccc(-c2ccc(Cl)c3cnccc23)c1. The summed E-state index contributed by atoms with van der Waals surface area (Å²) in [6.45, 7) is 0.543. The third-order valence-electron chi connectivity index (χ3n) is 3.24.